The second-order valence-corrected chi connectivity index (χ2v) is 4.74. The lowest BCUT2D eigenvalue weighted by atomic mass is 9.95. The zero-order chi connectivity index (χ0) is 10.9. The van der Waals surface area contributed by atoms with Gasteiger partial charge in [0.1, 0.15) is 6.10 Å². The molecule has 0 aromatic carbocycles. The molecular formula is C10H18N2O3. The summed E-state index contributed by atoms with van der Waals surface area (Å²) in [7, 11) is 0. The fraction of sp³-hybridized carbons (Fsp3) is 0.900. The second-order valence-electron chi connectivity index (χ2n) is 4.74. The predicted molar refractivity (Wildman–Crippen MR) is 54.6 cm³/mol. The standard InChI is InChI=1S/C10H18N2O3/c1-10(14)3-2-4-12(7-10)6-8-5-11-9(13)15-8/h8,14H,2-7H2,1H3,(H,11,13). The number of β-amino-alcohol motifs (C(OH)–C–C–N with tert-alkyl or cyclic N) is 1. The fourth-order valence-corrected chi connectivity index (χ4v) is 2.30. The molecule has 2 fully saturated rings. The lowest BCUT2D eigenvalue weighted by Crippen LogP contribution is -2.48. The van der Waals surface area contributed by atoms with E-state index in [0.717, 1.165) is 25.9 Å². The summed E-state index contributed by atoms with van der Waals surface area (Å²) in [6.07, 6.45) is 1.46. The monoisotopic (exact) mass is 214 g/mol. The van der Waals surface area contributed by atoms with Gasteiger partial charge in [0.15, 0.2) is 0 Å². The topological polar surface area (TPSA) is 61.8 Å². The van der Waals surface area contributed by atoms with E-state index in [1.54, 1.807) is 0 Å². The van der Waals surface area contributed by atoms with Crippen LogP contribution < -0.4 is 5.32 Å². The highest BCUT2D eigenvalue weighted by Gasteiger charge is 2.31. The number of amides is 1. The van der Waals surface area contributed by atoms with E-state index in [0.29, 0.717) is 13.1 Å². The lowest BCUT2D eigenvalue weighted by Gasteiger charge is -2.37. The van der Waals surface area contributed by atoms with Crippen molar-refractivity contribution in [1.82, 2.24) is 10.2 Å². The van der Waals surface area contributed by atoms with Crippen molar-refractivity contribution < 1.29 is 14.6 Å². The quantitative estimate of drug-likeness (QED) is 0.676. The number of carbonyl (C=O) groups is 1. The minimum Gasteiger partial charge on any atom is -0.443 e. The summed E-state index contributed by atoms with van der Waals surface area (Å²) in [5, 5.41) is 12.5. The van der Waals surface area contributed by atoms with Gasteiger partial charge < -0.3 is 15.2 Å². The van der Waals surface area contributed by atoms with Crippen LogP contribution in [0.5, 0.6) is 0 Å². The van der Waals surface area contributed by atoms with Gasteiger partial charge in [-0.05, 0) is 26.3 Å². The van der Waals surface area contributed by atoms with Gasteiger partial charge in [-0.1, -0.05) is 0 Å². The Hall–Kier alpha value is -0.810. The van der Waals surface area contributed by atoms with Crippen LogP contribution in [0.2, 0.25) is 0 Å². The van der Waals surface area contributed by atoms with Crippen molar-refractivity contribution in [2.24, 2.45) is 0 Å². The molecular weight excluding hydrogens is 196 g/mol. The van der Waals surface area contributed by atoms with E-state index in [9.17, 15) is 9.90 Å². The third kappa shape index (κ3) is 2.82. The van der Waals surface area contributed by atoms with Crippen molar-refractivity contribution in [2.45, 2.75) is 31.5 Å². The number of nitrogens with zero attached hydrogens (tertiary/aromatic N) is 1. The number of rotatable bonds is 2. The number of aliphatic hydroxyl groups is 1. The van der Waals surface area contributed by atoms with Crippen LogP contribution in [0.4, 0.5) is 4.79 Å². The maximum Gasteiger partial charge on any atom is 0.407 e. The molecule has 0 aromatic heterocycles. The zero-order valence-corrected chi connectivity index (χ0v) is 9.03. The smallest absolute Gasteiger partial charge is 0.407 e. The lowest BCUT2D eigenvalue weighted by molar-refractivity contribution is -0.0252. The van der Waals surface area contributed by atoms with Gasteiger partial charge in [0.2, 0.25) is 0 Å². The number of hydrogen-bond donors (Lipinski definition) is 2. The summed E-state index contributed by atoms with van der Waals surface area (Å²) < 4.78 is 5.06. The SMILES string of the molecule is CC1(O)CCCN(CC2CNC(=O)O2)C1. The van der Waals surface area contributed by atoms with Gasteiger partial charge in [0.05, 0.1) is 12.1 Å². The molecule has 0 bridgehead atoms. The van der Waals surface area contributed by atoms with Gasteiger partial charge in [-0.25, -0.2) is 4.79 Å². The Morgan fingerprint density at radius 1 is 1.73 bits per heavy atom. The number of nitrogens with one attached hydrogen (secondary N) is 1. The molecule has 0 spiro atoms. The maximum absolute atomic E-state index is 10.8. The molecule has 2 unspecified atom stereocenters. The molecule has 5 nitrogen and oxygen atoms in total. The molecule has 86 valence electrons. The molecule has 2 rings (SSSR count). The Balaban J connectivity index is 1.81. The van der Waals surface area contributed by atoms with Crippen molar-refractivity contribution in [3.05, 3.63) is 0 Å². The van der Waals surface area contributed by atoms with E-state index in [2.05, 4.69) is 10.2 Å². The van der Waals surface area contributed by atoms with Crippen LogP contribution in [-0.4, -0.2) is 54.0 Å². The molecule has 2 N–H and O–H groups in total. The van der Waals surface area contributed by atoms with Crippen LogP contribution in [0.3, 0.4) is 0 Å². The van der Waals surface area contributed by atoms with E-state index in [1.807, 2.05) is 6.92 Å². The van der Waals surface area contributed by atoms with Crippen LogP contribution >= 0.6 is 0 Å². The highest BCUT2D eigenvalue weighted by Crippen LogP contribution is 2.20. The Bertz CT molecular complexity index is 255. The molecule has 2 aliphatic rings. The molecule has 2 aliphatic heterocycles. The third-order valence-electron chi connectivity index (χ3n) is 2.96. The minimum atomic E-state index is -0.589. The molecule has 0 radical (unpaired) electrons. The van der Waals surface area contributed by atoms with Crippen LogP contribution in [0, 0.1) is 0 Å². The molecule has 0 aliphatic carbocycles. The van der Waals surface area contributed by atoms with Crippen molar-refractivity contribution >= 4 is 6.09 Å². The average molecular weight is 214 g/mol. The predicted octanol–water partition coefficient (Wildman–Crippen LogP) is -0.0584. The third-order valence-corrected chi connectivity index (χ3v) is 2.96. The van der Waals surface area contributed by atoms with E-state index in [1.165, 1.54) is 0 Å². The Labute approximate surface area is 89.4 Å². The van der Waals surface area contributed by atoms with Gasteiger partial charge in [-0.3, -0.25) is 4.90 Å². The number of carbonyl (C=O) groups excluding carboxylic acids is 1. The summed E-state index contributed by atoms with van der Waals surface area (Å²) >= 11 is 0. The Morgan fingerprint density at radius 2 is 2.53 bits per heavy atom. The highest BCUT2D eigenvalue weighted by molar-refractivity contribution is 5.69. The first-order valence-corrected chi connectivity index (χ1v) is 5.44. The number of likely N-dealkylation sites (tertiary alicyclic amines) is 1. The van der Waals surface area contributed by atoms with E-state index in [4.69, 9.17) is 4.74 Å². The van der Waals surface area contributed by atoms with Gasteiger partial charge in [-0.2, -0.15) is 0 Å². The molecule has 2 atom stereocenters. The van der Waals surface area contributed by atoms with Crippen LogP contribution in [0.25, 0.3) is 0 Å². The second kappa shape index (κ2) is 3.98. The zero-order valence-electron chi connectivity index (χ0n) is 9.03. The average Bonchev–Trinajstić information content (AvgIpc) is 2.49. The van der Waals surface area contributed by atoms with E-state index < -0.39 is 5.60 Å². The van der Waals surface area contributed by atoms with Crippen LogP contribution in [-0.2, 0) is 4.74 Å². The van der Waals surface area contributed by atoms with Gasteiger partial charge in [0, 0.05) is 13.1 Å². The van der Waals surface area contributed by atoms with Crippen molar-refractivity contribution in [3.8, 4) is 0 Å². The first kappa shape index (κ1) is 10.7. The summed E-state index contributed by atoms with van der Waals surface area (Å²) in [6, 6.07) is 0. The van der Waals surface area contributed by atoms with Gasteiger partial charge in [-0.15, -0.1) is 0 Å². The fourth-order valence-electron chi connectivity index (χ4n) is 2.30. The van der Waals surface area contributed by atoms with E-state index in [-0.39, 0.29) is 12.2 Å². The van der Waals surface area contributed by atoms with E-state index >= 15 is 0 Å². The maximum atomic E-state index is 10.8. The normalized spacial score (nSPS) is 37.5. The molecule has 15 heavy (non-hydrogen) atoms. The van der Waals surface area contributed by atoms with Crippen molar-refractivity contribution in [3.63, 3.8) is 0 Å². The Morgan fingerprint density at radius 3 is 3.13 bits per heavy atom. The number of alkyl carbamates (subject to hydrolysis) is 1. The van der Waals surface area contributed by atoms with Gasteiger partial charge >= 0.3 is 6.09 Å². The van der Waals surface area contributed by atoms with Gasteiger partial charge in [0.25, 0.3) is 0 Å². The molecule has 0 aromatic rings. The number of hydrogen-bond acceptors (Lipinski definition) is 4. The molecule has 2 heterocycles. The molecule has 5 heteroatoms. The molecule has 1 amide bonds. The summed E-state index contributed by atoms with van der Waals surface area (Å²) in [6.45, 7) is 4.80. The van der Waals surface area contributed by atoms with Crippen molar-refractivity contribution in [1.29, 1.82) is 0 Å². The largest absolute Gasteiger partial charge is 0.443 e. The highest BCUT2D eigenvalue weighted by atomic mass is 16.6. The Kier molecular flexibility index (Phi) is 2.84. The van der Waals surface area contributed by atoms with Crippen LogP contribution in [0.1, 0.15) is 19.8 Å². The molecule has 0 saturated carbocycles. The summed E-state index contributed by atoms with van der Waals surface area (Å²) in [5.74, 6) is 0. The van der Waals surface area contributed by atoms with Crippen LogP contribution in [0.15, 0.2) is 0 Å². The first-order chi connectivity index (χ1) is 7.05. The first-order valence-electron chi connectivity index (χ1n) is 5.44. The summed E-state index contributed by atoms with van der Waals surface area (Å²) in [4.78, 5) is 13.0. The number of ether oxygens (including phenoxy) is 1. The summed E-state index contributed by atoms with van der Waals surface area (Å²) in [5.41, 5.74) is -0.589. The minimum absolute atomic E-state index is 0.0635. The molecule has 2 saturated heterocycles. The number of cyclic esters (lactones) is 1. The van der Waals surface area contributed by atoms with Crippen molar-refractivity contribution in [2.75, 3.05) is 26.2 Å². The number of piperidine rings is 1.